The molecule has 0 amide bonds. The first kappa shape index (κ1) is 15.7. The molecule has 1 fully saturated rings. The molecule has 21 heavy (non-hydrogen) atoms. The summed E-state index contributed by atoms with van der Waals surface area (Å²) < 4.78 is 22.7. The van der Waals surface area contributed by atoms with Crippen LogP contribution in [-0.2, 0) is 10.0 Å². The second-order valence-electron chi connectivity index (χ2n) is 4.96. The summed E-state index contributed by atoms with van der Waals surface area (Å²) in [6.07, 6.45) is 0.838. The summed E-state index contributed by atoms with van der Waals surface area (Å²) in [7, 11) is -3.96. The number of hydrogen-bond acceptors (Lipinski definition) is 6. The average Bonchev–Trinajstić information content (AvgIpc) is 2.34. The lowest BCUT2D eigenvalue weighted by Crippen LogP contribution is -2.57. The van der Waals surface area contributed by atoms with Gasteiger partial charge in [0.05, 0.1) is 15.9 Å². The van der Waals surface area contributed by atoms with Gasteiger partial charge >= 0.3 is 0 Å². The summed E-state index contributed by atoms with van der Waals surface area (Å²) in [6, 6.07) is 3.99. The molecule has 0 saturated carbocycles. The van der Waals surface area contributed by atoms with E-state index >= 15 is 0 Å². The highest BCUT2D eigenvalue weighted by Crippen LogP contribution is 2.32. The van der Waals surface area contributed by atoms with E-state index < -0.39 is 14.9 Å². The summed E-state index contributed by atoms with van der Waals surface area (Å²) in [5.41, 5.74) is 0.197. The van der Waals surface area contributed by atoms with Gasteiger partial charge in [-0.05, 0) is 18.6 Å². The minimum atomic E-state index is -3.96. The molecule has 2 rings (SSSR count). The number of hydrogen-bond donors (Lipinski definition) is 2. The summed E-state index contributed by atoms with van der Waals surface area (Å²) >= 11 is 0. The monoisotopic (exact) mass is 314 g/mol. The van der Waals surface area contributed by atoms with E-state index in [4.69, 9.17) is 5.14 Å². The predicted octanol–water partition coefficient (Wildman–Crippen LogP) is 0.430. The van der Waals surface area contributed by atoms with Crippen LogP contribution < -0.4 is 15.4 Å². The molecule has 0 radical (unpaired) electrons. The Balaban J connectivity index is 2.48. The minimum Gasteiger partial charge on any atom is -0.360 e. The molecular weight excluding hydrogens is 296 g/mol. The Labute approximate surface area is 123 Å². The van der Waals surface area contributed by atoms with Crippen LogP contribution in [0.2, 0.25) is 0 Å². The van der Waals surface area contributed by atoms with Gasteiger partial charge in [0.1, 0.15) is 5.69 Å². The lowest BCUT2D eigenvalue weighted by Gasteiger charge is -2.39. The van der Waals surface area contributed by atoms with Gasteiger partial charge in [-0.2, -0.15) is 0 Å². The van der Waals surface area contributed by atoms with E-state index in [-0.39, 0.29) is 16.6 Å². The van der Waals surface area contributed by atoms with Crippen LogP contribution in [0, 0.1) is 10.1 Å². The van der Waals surface area contributed by atoms with Crippen LogP contribution in [-0.4, -0.2) is 39.0 Å². The Morgan fingerprint density at radius 3 is 2.57 bits per heavy atom. The fourth-order valence-electron chi connectivity index (χ4n) is 2.30. The third-order valence-electron chi connectivity index (χ3n) is 3.45. The van der Waals surface area contributed by atoms with Crippen molar-refractivity contribution in [2.24, 2.45) is 5.14 Å². The Morgan fingerprint density at radius 2 is 2.14 bits per heavy atom. The molecule has 1 aliphatic heterocycles. The number of anilines is 1. The molecule has 3 N–H and O–H groups in total. The molecular formula is C12H18N4O4S. The van der Waals surface area contributed by atoms with Crippen LogP contribution in [0.25, 0.3) is 0 Å². The first-order valence-electron chi connectivity index (χ1n) is 6.63. The first-order chi connectivity index (χ1) is 9.84. The SMILES string of the molecule is CCCN(c1ccc(S(N)(=O)=O)cc1[N+](=O)[O-])C1CNC1. The molecule has 0 unspecified atom stereocenters. The normalized spacial score (nSPS) is 15.5. The van der Waals surface area contributed by atoms with Gasteiger partial charge in [0.15, 0.2) is 0 Å². The van der Waals surface area contributed by atoms with Gasteiger partial charge in [-0.25, -0.2) is 13.6 Å². The van der Waals surface area contributed by atoms with Gasteiger partial charge in [-0.1, -0.05) is 6.92 Å². The minimum absolute atomic E-state index is 0.184. The van der Waals surface area contributed by atoms with Gasteiger partial charge < -0.3 is 10.2 Å². The second-order valence-corrected chi connectivity index (χ2v) is 6.52. The number of nitrogens with two attached hydrogens (primary N) is 1. The van der Waals surface area contributed by atoms with E-state index in [1.165, 1.54) is 12.1 Å². The number of sulfonamides is 1. The molecule has 1 saturated heterocycles. The van der Waals surface area contributed by atoms with Crippen molar-refractivity contribution >= 4 is 21.4 Å². The number of nitrogens with one attached hydrogen (secondary N) is 1. The molecule has 0 spiro atoms. The molecule has 1 aliphatic rings. The quantitative estimate of drug-likeness (QED) is 0.580. The van der Waals surface area contributed by atoms with Crippen molar-refractivity contribution in [2.45, 2.75) is 24.3 Å². The standard InChI is InChI=1S/C12H18N4O4S/c1-2-5-15(9-7-14-8-9)11-4-3-10(21(13,19)20)6-12(11)16(17)18/h3-4,6,9,14H,2,5,7-8H2,1H3,(H2,13,19,20). The van der Waals surface area contributed by atoms with Gasteiger partial charge in [-0.15, -0.1) is 0 Å². The van der Waals surface area contributed by atoms with E-state index in [2.05, 4.69) is 5.32 Å². The van der Waals surface area contributed by atoms with Crippen molar-refractivity contribution in [1.82, 2.24) is 5.32 Å². The van der Waals surface area contributed by atoms with Crippen LogP contribution in [0.1, 0.15) is 13.3 Å². The van der Waals surface area contributed by atoms with Crippen molar-refractivity contribution < 1.29 is 13.3 Å². The largest absolute Gasteiger partial charge is 0.360 e. The van der Waals surface area contributed by atoms with E-state index in [1.54, 1.807) is 0 Å². The fourth-order valence-corrected chi connectivity index (χ4v) is 2.84. The highest BCUT2D eigenvalue weighted by molar-refractivity contribution is 7.89. The van der Waals surface area contributed by atoms with Crippen LogP contribution in [0.4, 0.5) is 11.4 Å². The Hall–Kier alpha value is -1.71. The lowest BCUT2D eigenvalue weighted by atomic mass is 10.1. The van der Waals surface area contributed by atoms with E-state index in [0.717, 1.165) is 25.6 Å². The summed E-state index contributed by atoms with van der Waals surface area (Å²) in [4.78, 5) is 12.4. The molecule has 0 aromatic heterocycles. The van der Waals surface area contributed by atoms with E-state index in [9.17, 15) is 18.5 Å². The van der Waals surface area contributed by atoms with Crippen molar-refractivity contribution in [2.75, 3.05) is 24.5 Å². The highest BCUT2D eigenvalue weighted by atomic mass is 32.2. The number of primary sulfonamides is 1. The van der Waals surface area contributed by atoms with Crippen molar-refractivity contribution in [3.8, 4) is 0 Å². The summed E-state index contributed by atoms with van der Waals surface area (Å²) in [5.74, 6) is 0. The van der Waals surface area contributed by atoms with Crippen molar-refractivity contribution in [1.29, 1.82) is 0 Å². The maximum atomic E-state index is 11.3. The molecule has 0 bridgehead atoms. The van der Waals surface area contributed by atoms with E-state index in [0.29, 0.717) is 12.2 Å². The topological polar surface area (TPSA) is 119 Å². The lowest BCUT2D eigenvalue weighted by molar-refractivity contribution is -0.384. The van der Waals surface area contributed by atoms with Crippen LogP contribution >= 0.6 is 0 Å². The Kier molecular flexibility index (Phi) is 4.45. The molecule has 0 aliphatic carbocycles. The number of nitro benzene ring substituents is 1. The Morgan fingerprint density at radius 1 is 1.48 bits per heavy atom. The predicted molar refractivity (Wildman–Crippen MR) is 78.8 cm³/mol. The zero-order valence-corrected chi connectivity index (χ0v) is 12.5. The molecule has 8 nitrogen and oxygen atoms in total. The smallest absolute Gasteiger partial charge is 0.293 e. The van der Waals surface area contributed by atoms with Crippen LogP contribution in [0.3, 0.4) is 0 Å². The Bertz CT molecular complexity index is 643. The van der Waals surface area contributed by atoms with Crippen molar-refractivity contribution in [3.05, 3.63) is 28.3 Å². The summed E-state index contributed by atoms with van der Waals surface area (Å²) in [5, 5.41) is 19.4. The van der Waals surface area contributed by atoms with E-state index in [1.807, 2.05) is 11.8 Å². The maximum Gasteiger partial charge on any atom is 0.293 e. The number of benzene rings is 1. The summed E-state index contributed by atoms with van der Waals surface area (Å²) in [6.45, 7) is 4.17. The first-order valence-corrected chi connectivity index (χ1v) is 8.18. The second kappa shape index (κ2) is 5.96. The van der Waals surface area contributed by atoms with Crippen molar-refractivity contribution in [3.63, 3.8) is 0 Å². The molecule has 0 atom stereocenters. The van der Waals surface area contributed by atoms with Crippen LogP contribution in [0.15, 0.2) is 23.1 Å². The highest BCUT2D eigenvalue weighted by Gasteiger charge is 2.30. The van der Waals surface area contributed by atoms with Crippen LogP contribution in [0.5, 0.6) is 0 Å². The number of nitrogens with zero attached hydrogens (tertiary/aromatic N) is 2. The number of nitro groups is 1. The third-order valence-corrected chi connectivity index (χ3v) is 4.36. The molecule has 1 aromatic rings. The zero-order valence-electron chi connectivity index (χ0n) is 11.7. The maximum absolute atomic E-state index is 11.3. The molecule has 1 aromatic carbocycles. The van der Waals surface area contributed by atoms with Gasteiger partial charge in [0, 0.05) is 25.7 Å². The third kappa shape index (κ3) is 3.31. The van der Waals surface area contributed by atoms with Gasteiger partial charge in [0.2, 0.25) is 10.0 Å². The molecule has 9 heteroatoms. The molecule has 116 valence electrons. The zero-order chi connectivity index (χ0) is 15.6. The fraction of sp³-hybridized carbons (Fsp3) is 0.500. The number of rotatable bonds is 6. The average molecular weight is 314 g/mol. The van der Waals surface area contributed by atoms with Gasteiger partial charge in [0.25, 0.3) is 5.69 Å². The van der Waals surface area contributed by atoms with Gasteiger partial charge in [-0.3, -0.25) is 10.1 Å². The molecule has 1 heterocycles.